The van der Waals surface area contributed by atoms with Crippen molar-refractivity contribution >= 4 is 18.0 Å². The van der Waals surface area contributed by atoms with Gasteiger partial charge in [0, 0.05) is 13.1 Å². The second-order valence-electron chi connectivity index (χ2n) is 8.88. The number of likely N-dealkylation sites (tertiary alicyclic amines) is 1. The number of methoxy groups -OCH3 is 1. The zero-order valence-corrected chi connectivity index (χ0v) is 18.9. The van der Waals surface area contributed by atoms with Gasteiger partial charge in [-0.3, -0.25) is 9.59 Å². The Morgan fingerprint density at radius 2 is 1.47 bits per heavy atom. The molecule has 32 heavy (non-hydrogen) atoms. The predicted molar refractivity (Wildman–Crippen MR) is 120 cm³/mol. The lowest BCUT2D eigenvalue weighted by atomic mass is 9.90. The lowest BCUT2D eigenvalue weighted by Crippen LogP contribution is -2.45. The summed E-state index contributed by atoms with van der Waals surface area (Å²) < 4.78 is 10.3. The number of rotatable bonds is 5. The third-order valence-electron chi connectivity index (χ3n) is 5.35. The highest BCUT2D eigenvalue weighted by molar-refractivity contribution is 5.88. The molecule has 0 bridgehead atoms. The van der Waals surface area contributed by atoms with Crippen LogP contribution in [0.5, 0.6) is 0 Å². The monoisotopic (exact) mass is 438 g/mol. The molecule has 0 aromatic heterocycles. The van der Waals surface area contributed by atoms with E-state index in [4.69, 9.17) is 9.47 Å². The van der Waals surface area contributed by atoms with Crippen LogP contribution in [0, 0.1) is 5.92 Å². The number of amides is 2. The number of carbonyl (C=O) groups excluding carboxylic acids is 3. The van der Waals surface area contributed by atoms with E-state index in [2.05, 4.69) is 5.32 Å². The minimum atomic E-state index is -0.677. The van der Waals surface area contributed by atoms with Gasteiger partial charge in [-0.05, 0) is 31.9 Å². The number of alkyl carbamates (subject to hydrolysis) is 1. The van der Waals surface area contributed by atoms with E-state index in [1.54, 1.807) is 25.7 Å². The van der Waals surface area contributed by atoms with Crippen molar-refractivity contribution in [2.75, 3.05) is 20.2 Å². The molecule has 1 saturated heterocycles. The highest BCUT2D eigenvalue weighted by Crippen LogP contribution is 2.30. The van der Waals surface area contributed by atoms with Gasteiger partial charge in [0.2, 0.25) is 5.91 Å². The van der Waals surface area contributed by atoms with Gasteiger partial charge in [-0.2, -0.15) is 0 Å². The van der Waals surface area contributed by atoms with E-state index < -0.39 is 35.5 Å². The molecule has 7 nitrogen and oxygen atoms in total. The number of benzene rings is 2. The first-order chi connectivity index (χ1) is 15.2. The van der Waals surface area contributed by atoms with E-state index >= 15 is 0 Å². The van der Waals surface area contributed by atoms with Gasteiger partial charge in [-0.15, -0.1) is 0 Å². The fourth-order valence-corrected chi connectivity index (χ4v) is 3.93. The third kappa shape index (κ3) is 5.66. The number of esters is 1. The smallest absolute Gasteiger partial charge is 0.407 e. The number of carbonyl (C=O) groups is 3. The molecule has 0 unspecified atom stereocenters. The van der Waals surface area contributed by atoms with Gasteiger partial charge in [0.25, 0.3) is 0 Å². The molecule has 2 amide bonds. The highest BCUT2D eigenvalue weighted by atomic mass is 16.6. The number of nitrogens with zero attached hydrogens (tertiary/aromatic N) is 1. The zero-order valence-electron chi connectivity index (χ0n) is 18.9. The maximum atomic E-state index is 13.7. The average Bonchev–Trinajstić information content (AvgIpc) is 3.17. The Balaban J connectivity index is 1.85. The molecular formula is C25H30N2O5. The first-order valence-corrected chi connectivity index (χ1v) is 10.7. The van der Waals surface area contributed by atoms with Crippen molar-refractivity contribution in [3.05, 3.63) is 71.8 Å². The molecule has 0 spiro atoms. The van der Waals surface area contributed by atoms with Crippen LogP contribution >= 0.6 is 0 Å². The van der Waals surface area contributed by atoms with Crippen molar-refractivity contribution in [1.82, 2.24) is 10.2 Å². The zero-order chi connectivity index (χ0) is 23.3. The second kappa shape index (κ2) is 9.85. The lowest BCUT2D eigenvalue weighted by Gasteiger charge is -2.25. The molecule has 3 rings (SSSR count). The summed E-state index contributed by atoms with van der Waals surface area (Å²) in [6.45, 7) is 5.63. The largest absolute Gasteiger partial charge is 0.469 e. The Labute approximate surface area is 188 Å². The van der Waals surface area contributed by atoms with Crippen molar-refractivity contribution in [3.8, 4) is 0 Å². The molecule has 0 saturated carbocycles. The molecule has 1 heterocycles. The Bertz CT molecular complexity index is 900. The van der Waals surface area contributed by atoms with Gasteiger partial charge in [0.05, 0.1) is 25.0 Å². The topological polar surface area (TPSA) is 84.9 Å². The summed E-state index contributed by atoms with van der Waals surface area (Å²) in [5.41, 5.74) is 1.05. The van der Waals surface area contributed by atoms with Crippen LogP contribution in [0.4, 0.5) is 4.79 Å². The molecule has 0 radical (unpaired) electrons. The standard InChI is InChI=1S/C25H30N2O5/c1-25(2,3)32-24(30)26-20-16-27(15-19(20)23(29)31-4)22(28)21(17-11-7-5-8-12-17)18-13-9-6-10-14-18/h5-14,19-21H,15-16H2,1-4H3,(H,26,30)/t19-,20-/m1/s1. The fourth-order valence-electron chi connectivity index (χ4n) is 3.93. The van der Waals surface area contributed by atoms with Crippen LogP contribution in [0.2, 0.25) is 0 Å². The molecule has 1 N–H and O–H groups in total. The Morgan fingerprint density at radius 1 is 0.938 bits per heavy atom. The van der Waals surface area contributed by atoms with Crippen LogP contribution in [0.1, 0.15) is 37.8 Å². The average molecular weight is 439 g/mol. The molecule has 2 atom stereocenters. The normalized spacial score (nSPS) is 18.3. The molecule has 7 heteroatoms. The summed E-state index contributed by atoms with van der Waals surface area (Å²) in [7, 11) is 1.30. The first kappa shape index (κ1) is 23.3. The van der Waals surface area contributed by atoms with Gasteiger partial charge < -0.3 is 19.7 Å². The Kier molecular flexibility index (Phi) is 7.18. The minimum absolute atomic E-state index is 0.134. The van der Waals surface area contributed by atoms with Gasteiger partial charge in [-0.25, -0.2) is 4.79 Å². The lowest BCUT2D eigenvalue weighted by molar-refractivity contribution is -0.145. The van der Waals surface area contributed by atoms with E-state index in [-0.39, 0.29) is 19.0 Å². The predicted octanol–water partition coefficient (Wildman–Crippen LogP) is 3.34. The van der Waals surface area contributed by atoms with E-state index in [0.29, 0.717) is 0 Å². The van der Waals surface area contributed by atoms with Crippen LogP contribution in [0.25, 0.3) is 0 Å². The van der Waals surface area contributed by atoms with Crippen LogP contribution < -0.4 is 5.32 Å². The van der Waals surface area contributed by atoms with Gasteiger partial charge in [0.1, 0.15) is 5.60 Å². The van der Waals surface area contributed by atoms with Crippen LogP contribution in [-0.4, -0.2) is 54.7 Å². The molecule has 1 aliphatic heterocycles. The van der Waals surface area contributed by atoms with Gasteiger partial charge >= 0.3 is 12.1 Å². The second-order valence-corrected chi connectivity index (χ2v) is 8.88. The highest BCUT2D eigenvalue weighted by Gasteiger charge is 2.43. The van der Waals surface area contributed by atoms with Crippen molar-refractivity contribution in [1.29, 1.82) is 0 Å². The van der Waals surface area contributed by atoms with Crippen LogP contribution in [0.3, 0.4) is 0 Å². The fraction of sp³-hybridized carbons (Fsp3) is 0.400. The molecular weight excluding hydrogens is 408 g/mol. The van der Waals surface area contributed by atoms with E-state index in [9.17, 15) is 14.4 Å². The number of hydrogen-bond acceptors (Lipinski definition) is 5. The van der Waals surface area contributed by atoms with E-state index in [1.165, 1.54) is 7.11 Å². The number of ether oxygens (including phenoxy) is 2. The molecule has 1 fully saturated rings. The summed E-state index contributed by atoms with van der Waals surface area (Å²) in [5, 5.41) is 2.75. The minimum Gasteiger partial charge on any atom is -0.469 e. The first-order valence-electron chi connectivity index (χ1n) is 10.7. The Hall–Kier alpha value is -3.35. The summed E-state index contributed by atoms with van der Waals surface area (Å²) in [6.07, 6.45) is -0.631. The van der Waals surface area contributed by atoms with Gasteiger partial charge in [-0.1, -0.05) is 60.7 Å². The molecule has 0 aliphatic carbocycles. The molecule has 1 aliphatic rings. The molecule has 2 aromatic rings. The van der Waals surface area contributed by atoms with E-state index in [1.807, 2.05) is 60.7 Å². The van der Waals surface area contributed by atoms with Crippen molar-refractivity contribution in [2.24, 2.45) is 5.92 Å². The summed E-state index contributed by atoms with van der Waals surface area (Å²) in [5.74, 6) is -1.80. The third-order valence-corrected chi connectivity index (χ3v) is 5.35. The van der Waals surface area contributed by atoms with Crippen LogP contribution in [0.15, 0.2) is 60.7 Å². The summed E-state index contributed by atoms with van der Waals surface area (Å²) >= 11 is 0. The number of nitrogens with one attached hydrogen (secondary N) is 1. The summed E-state index contributed by atoms with van der Waals surface area (Å²) in [6, 6.07) is 18.5. The quantitative estimate of drug-likeness (QED) is 0.724. The number of hydrogen-bond donors (Lipinski definition) is 1. The Morgan fingerprint density at radius 3 is 1.94 bits per heavy atom. The maximum absolute atomic E-state index is 13.7. The van der Waals surface area contributed by atoms with Crippen LogP contribution in [-0.2, 0) is 19.1 Å². The molecule has 2 aromatic carbocycles. The maximum Gasteiger partial charge on any atom is 0.407 e. The molecule has 170 valence electrons. The van der Waals surface area contributed by atoms with Crippen molar-refractivity contribution in [3.63, 3.8) is 0 Å². The van der Waals surface area contributed by atoms with E-state index in [0.717, 1.165) is 11.1 Å². The van der Waals surface area contributed by atoms with Gasteiger partial charge in [0.15, 0.2) is 0 Å². The SMILES string of the molecule is COC(=O)[C@@H]1CN(C(=O)C(c2ccccc2)c2ccccc2)C[C@H]1NC(=O)OC(C)(C)C. The summed E-state index contributed by atoms with van der Waals surface area (Å²) in [4.78, 5) is 40.1. The van der Waals surface area contributed by atoms with Crippen molar-refractivity contribution in [2.45, 2.75) is 38.3 Å². The van der Waals surface area contributed by atoms with Crippen molar-refractivity contribution < 1.29 is 23.9 Å².